The number of fused-ring (bicyclic) bond motifs is 2. The van der Waals surface area contributed by atoms with Gasteiger partial charge in [-0.05, 0) is 46.5 Å². The van der Waals surface area contributed by atoms with Gasteiger partial charge in [-0.1, -0.05) is 125 Å². The molecule has 0 aliphatic rings. The summed E-state index contributed by atoms with van der Waals surface area (Å²) in [6.45, 7) is 14.1. The molecule has 0 saturated heterocycles. The van der Waals surface area contributed by atoms with Gasteiger partial charge in [0.05, 0.1) is 0 Å². The van der Waals surface area contributed by atoms with Gasteiger partial charge in [-0.15, -0.1) is 0 Å². The summed E-state index contributed by atoms with van der Waals surface area (Å²) in [7, 11) is 3.36. The Morgan fingerprint density at radius 3 is 1.00 bits per heavy atom. The van der Waals surface area contributed by atoms with E-state index >= 15 is 0 Å². The summed E-state index contributed by atoms with van der Waals surface area (Å²) >= 11 is 0. The second-order valence-electron chi connectivity index (χ2n) is 7.62. The van der Waals surface area contributed by atoms with E-state index in [1.165, 1.54) is 45.5 Å². The van der Waals surface area contributed by atoms with Crippen molar-refractivity contribution in [1.29, 1.82) is 0 Å². The summed E-state index contributed by atoms with van der Waals surface area (Å²) in [6, 6.07) is 30.2. The second-order valence-corrected chi connectivity index (χ2v) is 7.62. The molecule has 0 spiro atoms. The quantitative estimate of drug-likeness (QED) is 0.301. The highest BCUT2D eigenvalue weighted by Gasteiger charge is 2.06. The molecule has 2 nitrogen and oxygen atoms in total. The summed E-state index contributed by atoms with van der Waals surface area (Å²) in [4.78, 5) is 0. The third-order valence-electron chi connectivity index (χ3n) is 4.45. The fourth-order valence-electron chi connectivity index (χ4n) is 2.92. The van der Waals surface area contributed by atoms with E-state index in [-0.39, 0.29) is 0 Å². The van der Waals surface area contributed by atoms with Crippen LogP contribution in [0.2, 0.25) is 0 Å². The zero-order valence-corrected chi connectivity index (χ0v) is 22.7. The van der Waals surface area contributed by atoms with Crippen molar-refractivity contribution in [2.75, 3.05) is 27.4 Å². The SMILES string of the molecule is CCC.CCC.CCOC.CCOC.c1ccc2c(-c3cccc4ccccc34)cccc2c1. The lowest BCUT2D eigenvalue weighted by Gasteiger charge is -2.10. The minimum atomic E-state index is 0.819. The second kappa shape index (κ2) is 20.9. The van der Waals surface area contributed by atoms with Gasteiger partial charge in [-0.2, -0.15) is 0 Å². The monoisotopic (exact) mass is 462 g/mol. The normalized spacial score (nSPS) is 9.29. The van der Waals surface area contributed by atoms with Crippen LogP contribution in [0, 0.1) is 0 Å². The van der Waals surface area contributed by atoms with Crippen LogP contribution in [0.1, 0.15) is 54.4 Å². The molecule has 0 N–H and O–H groups in total. The Labute approximate surface area is 208 Å². The Morgan fingerprint density at radius 1 is 0.441 bits per heavy atom. The lowest BCUT2D eigenvalue weighted by Crippen LogP contribution is -1.83. The average molecular weight is 463 g/mol. The van der Waals surface area contributed by atoms with Gasteiger partial charge in [0.2, 0.25) is 0 Å². The Hall–Kier alpha value is -2.68. The van der Waals surface area contributed by atoms with Crippen LogP contribution in [0.3, 0.4) is 0 Å². The largest absolute Gasteiger partial charge is 0.385 e. The smallest absolute Gasteiger partial charge is 0.0433 e. The first-order chi connectivity index (χ1) is 16.6. The molecule has 34 heavy (non-hydrogen) atoms. The van der Waals surface area contributed by atoms with E-state index in [2.05, 4.69) is 122 Å². The first-order valence-electron chi connectivity index (χ1n) is 12.5. The highest BCUT2D eigenvalue weighted by molar-refractivity contribution is 6.05. The maximum Gasteiger partial charge on any atom is 0.0433 e. The standard InChI is InChI=1S/C20H14.2C3H8O.2C3H8/c1-3-11-17-15(7-1)9-5-13-19(17)20-14-6-10-16-8-2-4-12-18(16)20;2*1-3-4-2;2*1-3-2/h1-14H;2*3H2,1-2H3;2*3H2,1-2H3. The number of ether oxygens (including phenoxy) is 2. The molecule has 0 amide bonds. The van der Waals surface area contributed by atoms with Crippen molar-refractivity contribution in [2.45, 2.75) is 54.4 Å². The van der Waals surface area contributed by atoms with Crippen molar-refractivity contribution in [1.82, 2.24) is 0 Å². The van der Waals surface area contributed by atoms with Gasteiger partial charge in [0, 0.05) is 27.4 Å². The maximum absolute atomic E-state index is 4.54. The molecular weight excluding hydrogens is 416 g/mol. The molecule has 4 rings (SSSR count). The first-order valence-corrected chi connectivity index (χ1v) is 12.5. The van der Waals surface area contributed by atoms with E-state index in [9.17, 15) is 0 Å². The van der Waals surface area contributed by atoms with Crippen molar-refractivity contribution in [2.24, 2.45) is 0 Å². The molecule has 4 aromatic rings. The van der Waals surface area contributed by atoms with Gasteiger partial charge < -0.3 is 9.47 Å². The molecule has 0 bridgehead atoms. The molecule has 4 aromatic carbocycles. The Balaban J connectivity index is 0.000000651. The number of methoxy groups -OCH3 is 2. The number of hydrogen-bond acceptors (Lipinski definition) is 2. The molecule has 0 radical (unpaired) electrons. The van der Waals surface area contributed by atoms with Crippen LogP contribution < -0.4 is 0 Å². The van der Waals surface area contributed by atoms with E-state index < -0.39 is 0 Å². The maximum atomic E-state index is 4.54. The minimum absolute atomic E-state index is 0.819. The zero-order valence-electron chi connectivity index (χ0n) is 22.7. The van der Waals surface area contributed by atoms with Crippen molar-refractivity contribution in [3.05, 3.63) is 84.9 Å². The highest BCUT2D eigenvalue weighted by atomic mass is 16.5. The van der Waals surface area contributed by atoms with Crippen LogP contribution in [0.15, 0.2) is 84.9 Å². The van der Waals surface area contributed by atoms with Crippen LogP contribution in [0.25, 0.3) is 32.7 Å². The summed E-state index contributed by atoms with van der Waals surface area (Å²) in [5.74, 6) is 0. The van der Waals surface area contributed by atoms with E-state index in [0.717, 1.165) is 13.2 Å². The van der Waals surface area contributed by atoms with Crippen LogP contribution in [-0.2, 0) is 9.47 Å². The molecule has 0 fully saturated rings. The van der Waals surface area contributed by atoms with Gasteiger partial charge >= 0.3 is 0 Å². The van der Waals surface area contributed by atoms with Crippen LogP contribution in [0.4, 0.5) is 0 Å². The van der Waals surface area contributed by atoms with Crippen molar-refractivity contribution >= 4 is 21.5 Å². The molecule has 0 heterocycles. The Morgan fingerprint density at radius 2 is 0.706 bits per heavy atom. The molecule has 186 valence electrons. The van der Waals surface area contributed by atoms with Crippen LogP contribution >= 0.6 is 0 Å². The fourth-order valence-corrected chi connectivity index (χ4v) is 2.92. The third kappa shape index (κ3) is 11.4. The van der Waals surface area contributed by atoms with Gasteiger partial charge in [0.15, 0.2) is 0 Å². The van der Waals surface area contributed by atoms with Crippen LogP contribution in [0.5, 0.6) is 0 Å². The third-order valence-corrected chi connectivity index (χ3v) is 4.45. The molecule has 0 saturated carbocycles. The van der Waals surface area contributed by atoms with Gasteiger partial charge in [0.25, 0.3) is 0 Å². The molecule has 0 aliphatic carbocycles. The lowest BCUT2D eigenvalue weighted by atomic mass is 9.94. The first kappa shape index (κ1) is 31.3. The summed E-state index contributed by atoms with van der Waals surface area (Å²) in [5, 5.41) is 5.20. The van der Waals surface area contributed by atoms with Crippen LogP contribution in [-0.4, -0.2) is 27.4 Å². The Bertz CT molecular complexity index is 910. The van der Waals surface area contributed by atoms with E-state index in [0.29, 0.717) is 0 Å². The number of benzene rings is 4. The fraction of sp³-hybridized carbons (Fsp3) is 0.375. The molecule has 0 atom stereocenters. The van der Waals surface area contributed by atoms with Gasteiger partial charge in [-0.3, -0.25) is 0 Å². The minimum Gasteiger partial charge on any atom is -0.385 e. The number of rotatable bonds is 3. The average Bonchev–Trinajstić information content (AvgIpc) is 2.89. The predicted molar refractivity (Wildman–Crippen MR) is 154 cm³/mol. The summed E-state index contributed by atoms with van der Waals surface area (Å²) < 4.78 is 9.08. The number of hydrogen-bond donors (Lipinski definition) is 0. The lowest BCUT2D eigenvalue weighted by molar-refractivity contribution is 0.215. The van der Waals surface area contributed by atoms with Crippen molar-refractivity contribution in [3.63, 3.8) is 0 Å². The van der Waals surface area contributed by atoms with Crippen molar-refractivity contribution in [3.8, 4) is 11.1 Å². The Kier molecular flexibility index (Phi) is 19.2. The topological polar surface area (TPSA) is 18.5 Å². The summed E-state index contributed by atoms with van der Waals surface area (Å²) in [6.07, 6.45) is 2.50. The molecule has 2 heteroatoms. The highest BCUT2D eigenvalue weighted by Crippen LogP contribution is 2.33. The van der Waals surface area contributed by atoms with E-state index in [1.807, 2.05) is 13.8 Å². The van der Waals surface area contributed by atoms with Gasteiger partial charge in [0.1, 0.15) is 0 Å². The molecule has 0 aromatic heterocycles. The molecule has 0 aliphatic heterocycles. The zero-order chi connectivity index (χ0) is 25.6. The predicted octanol–water partition coefficient (Wildman–Crippen LogP) is 9.80. The van der Waals surface area contributed by atoms with Gasteiger partial charge in [-0.25, -0.2) is 0 Å². The van der Waals surface area contributed by atoms with Crippen molar-refractivity contribution < 1.29 is 9.47 Å². The molecule has 0 unspecified atom stereocenters. The summed E-state index contributed by atoms with van der Waals surface area (Å²) in [5.41, 5.74) is 2.61. The van der Waals surface area contributed by atoms with E-state index in [4.69, 9.17) is 0 Å². The van der Waals surface area contributed by atoms with E-state index in [1.54, 1.807) is 14.2 Å². The molecular formula is C32H46O2.